The summed E-state index contributed by atoms with van der Waals surface area (Å²) < 4.78 is 16.5. The zero-order valence-electron chi connectivity index (χ0n) is 38.2. The van der Waals surface area contributed by atoms with Crippen molar-refractivity contribution in [2.24, 2.45) is 29.4 Å². The van der Waals surface area contributed by atoms with E-state index in [4.69, 9.17) is 10.3 Å². The highest BCUT2D eigenvalue weighted by Crippen LogP contribution is 2.28. The van der Waals surface area contributed by atoms with Gasteiger partial charge in [0.05, 0.1) is 24.7 Å². The molecule has 5 amide bonds. The molecule has 16 nitrogen and oxygen atoms in total. The number of ketones is 3. The molecule has 8 atom stereocenters. The molecule has 1 aromatic carbocycles. The Morgan fingerprint density at radius 1 is 0.891 bits per heavy atom. The third kappa shape index (κ3) is 18.2. The molecule has 0 radical (unpaired) electrons. The summed E-state index contributed by atoms with van der Waals surface area (Å²) in [4.78, 5) is 110. The molecule has 0 bridgehead atoms. The fourth-order valence-corrected chi connectivity index (χ4v) is 9.11. The number of hydrogen-bond acceptors (Lipinski definition) is 11. The molecule has 2 heterocycles. The van der Waals surface area contributed by atoms with E-state index in [1.807, 2.05) is 32.0 Å². The normalized spacial score (nSPS) is 24.1. The van der Waals surface area contributed by atoms with Crippen LogP contribution in [0.4, 0.5) is 0 Å². The maximum absolute atomic E-state index is 14.4. The fourth-order valence-electron chi connectivity index (χ4n) is 8.83. The van der Waals surface area contributed by atoms with Gasteiger partial charge in [0.1, 0.15) is 23.9 Å². The molecule has 2 aliphatic heterocycles. The standard InChI is InChI=1S/C47H72N5O11P/c1-30(2)25-38(50-47(61)40-22-16-24-52(40)32(4)54)42(56)27-35-26-34(20-13-8-6-5-7-10-17-33-18-11-9-12-19-33)41(55)23-15-14-21-37(44(48)58)49-46(60)36(31(3)63-64-62)28-43(57)39(29-53)51-45(35)59/h9,11-12,18-19,30-31,34-40,53H,5-8,10,13-17,20-29H2,1-4H3,(H2,48,58)(H,49,60)(H,50,61)(H,51,59)/t31-,34+,35-,36+,37+,38+,39+,40+/m1/s1. The Bertz CT molecular complexity index is 1730. The van der Waals surface area contributed by atoms with Crippen LogP contribution in [-0.2, 0) is 53.9 Å². The first-order valence-corrected chi connectivity index (χ1v) is 24.0. The molecular formula is C47H72N5O11P. The van der Waals surface area contributed by atoms with E-state index in [0.29, 0.717) is 45.1 Å². The van der Waals surface area contributed by atoms with Gasteiger partial charge in [0, 0.05) is 44.6 Å². The van der Waals surface area contributed by atoms with E-state index in [2.05, 4.69) is 28.1 Å². The quantitative estimate of drug-likeness (QED) is 0.0823. The van der Waals surface area contributed by atoms with Gasteiger partial charge < -0.3 is 31.7 Å². The smallest absolute Gasteiger partial charge is 0.327 e. The van der Waals surface area contributed by atoms with E-state index >= 15 is 0 Å². The molecule has 64 heavy (non-hydrogen) atoms. The maximum Gasteiger partial charge on any atom is 0.327 e. The van der Waals surface area contributed by atoms with Crippen molar-refractivity contribution in [3.63, 3.8) is 0 Å². The Kier molecular flexibility index (Phi) is 24.0. The molecule has 0 saturated carbocycles. The second-order valence-electron chi connectivity index (χ2n) is 18.1. The Morgan fingerprint density at radius 2 is 1.58 bits per heavy atom. The van der Waals surface area contributed by atoms with Crippen molar-refractivity contribution < 1.29 is 52.6 Å². The highest BCUT2D eigenvalue weighted by Gasteiger charge is 2.38. The SMILES string of the molecule is CC(=O)N1CCC[C@H]1C(=O)N[C@@H](CC(C)C)C(=O)C[C@H]1C[C@H](CCCCCCCCc2ccccc2)C(=O)CCCC[C@@H](C(N)=O)NC(=O)[C@H]([C@@H](C)OP=O)CC(=O)[C@H](CO)NC1=O. The minimum atomic E-state index is -1.54. The zero-order chi connectivity index (χ0) is 47.2. The number of nitrogens with two attached hydrogens (primary N) is 1. The van der Waals surface area contributed by atoms with E-state index in [9.17, 15) is 48.0 Å². The number of amides is 5. The lowest BCUT2D eigenvalue weighted by molar-refractivity contribution is -0.139. The van der Waals surface area contributed by atoms with Crippen molar-refractivity contribution in [3.8, 4) is 0 Å². The summed E-state index contributed by atoms with van der Waals surface area (Å²) in [7, 11) is -0.769. The number of Topliss-reactive ketones (excluding diaryl/α,β-unsaturated/α-hetero) is 3. The average molecular weight is 914 g/mol. The molecule has 356 valence electrons. The fraction of sp³-hybridized carbons (Fsp3) is 0.702. The molecule has 1 aromatic rings. The Morgan fingerprint density at radius 3 is 2.22 bits per heavy atom. The first-order valence-electron chi connectivity index (χ1n) is 23.2. The summed E-state index contributed by atoms with van der Waals surface area (Å²) in [6, 6.07) is 5.88. The molecule has 6 N–H and O–H groups in total. The number of primary amides is 1. The van der Waals surface area contributed by atoms with Crippen LogP contribution in [0.2, 0.25) is 0 Å². The Balaban J connectivity index is 1.92. The zero-order valence-corrected chi connectivity index (χ0v) is 39.1. The predicted octanol–water partition coefficient (Wildman–Crippen LogP) is 4.86. The van der Waals surface area contributed by atoms with Gasteiger partial charge in [-0.3, -0.25) is 42.9 Å². The molecule has 0 aliphatic carbocycles. The highest BCUT2D eigenvalue weighted by molar-refractivity contribution is 7.17. The topological polar surface area (TPSA) is 248 Å². The van der Waals surface area contributed by atoms with Crippen molar-refractivity contribution in [2.45, 2.75) is 174 Å². The van der Waals surface area contributed by atoms with Crippen LogP contribution in [0.5, 0.6) is 0 Å². The second-order valence-corrected chi connectivity index (χ2v) is 18.4. The minimum absolute atomic E-state index is 0.0388. The first-order chi connectivity index (χ1) is 30.6. The first kappa shape index (κ1) is 53.9. The maximum atomic E-state index is 14.4. The second kappa shape index (κ2) is 28.5. The number of rotatable bonds is 21. The molecule has 2 fully saturated rings. The number of nitrogens with one attached hydrogen (secondary N) is 3. The molecule has 2 aliphatic rings. The number of unbranched alkanes of at least 4 members (excludes halogenated alkanes) is 5. The third-order valence-electron chi connectivity index (χ3n) is 12.6. The van der Waals surface area contributed by atoms with Gasteiger partial charge in [-0.25, -0.2) is 4.57 Å². The molecule has 0 spiro atoms. The largest absolute Gasteiger partial charge is 0.394 e. The van der Waals surface area contributed by atoms with Crippen molar-refractivity contribution in [2.75, 3.05) is 13.2 Å². The molecule has 0 unspecified atom stereocenters. The van der Waals surface area contributed by atoms with Gasteiger partial charge in [0.2, 0.25) is 29.5 Å². The number of aryl methyl sites for hydroxylation is 1. The molecule has 17 heteroatoms. The summed E-state index contributed by atoms with van der Waals surface area (Å²) in [5, 5.41) is 18.4. The summed E-state index contributed by atoms with van der Waals surface area (Å²) in [5.74, 6) is -7.59. The van der Waals surface area contributed by atoms with Crippen LogP contribution >= 0.6 is 8.69 Å². The Labute approximate surface area is 380 Å². The number of likely N-dealkylation sites (tertiary alicyclic amines) is 1. The predicted molar refractivity (Wildman–Crippen MR) is 240 cm³/mol. The molecular weight excluding hydrogens is 842 g/mol. The van der Waals surface area contributed by atoms with Crippen molar-refractivity contribution >= 4 is 55.6 Å². The van der Waals surface area contributed by atoms with E-state index in [0.717, 1.165) is 38.5 Å². The Hall–Kier alpha value is -4.40. The lowest BCUT2D eigenvalue weighted by Crippen LogP contribution is -2.52. The van der Waals surface area contributed by atoms with Gasteiger partial charge in [-0.05, 0) is 76.2 Å². The van der Waals surface area contributed by atoms with Crippen LogP contribution in [0.15, 0.2) is 30.3 Å². The minimum Gasteiger partial charge on any atom is -0.394 e. The number of carbonyl (C=O) groups is 8. The summed E-state index contributed by atoms with van der Waals surface area (Å²) >= 11 is 0. The van der Waals surface area contributed by atoms with Gasteiger partial charge in [-0.1, -0.05) is 82.7 Å². The van der Waals surface area contributed by atoms with Crippen LogP contribution < -0.4 is 21.7 Å². The van der Waals surface area contributed by atoms with E-state index < -0.39 is 105 Å². The number of nitrogens with zero attached hydrogens (tertiary/aromatic N) is 1. The summed E-state index contributed by atoms with van der Waals surface area (Å²) in [6.45, 7) is 6.14. The van der Waals surface area contributed by atoms with Gasteiger partial charge in [-0.2, -0.15) is 0 Å². The van der Waals surface area contributed by atoms with Gasteiger partial charge >= 0.3 is 8.69 Å². The van der Waals surface area contributed by atoms with Crippen LogP contribution in [0.3, 0.4) is 0 Å². The van der Waals surface area contributed by atoms with Crippen molar-refractivity contribution in [1.82, 2.24) is 20.9 Å². The number of aliphatic hydroxyl groups excluding tert-OH is 1. The summed E-state index contributed by atoms with van der Waals surface area (Å²) in [6.07, 6.45) is 7.17. The highest BCUT2D eigenvalue weighted by atomic mass is 31.1. The summed E-state index contributed by atoms with van der Waals surface area (Å²) in [5.41, 5.74) is 6.94. The molecule has 0 aromatic heterocycles. The third-order valence-corrected chi connectivity index (χ3v) is 13.0. The van der Waals surface area contributed by atoms with Gasteiger partial charge in [0.15, 0.2) is 11.6 Å². The van der Waals surface area contributed by atoms with Crippen LogP contribution in [0, 0.1) is 23.7 Å². The lowest BCUT2D eigenvalue weighted by Gasteiger charge is -2.28. The molecule has 3 rings (SSSR count). The van der Waals surface area contributed by atoms with Crippen LogP contribution in [0.25, 0.3) is 0 Å². The number of aliphatic hydroxyl groups is 1. The van der Waals surface area contributed by atoms with Crippen LogP contribution in [-0.4, -0.2) is 100 Å². The van der Waals surface area contributed by atoms with Gasteiger partial charge in [0.25, 0.3) is 0 Å². The van der Waals surface area contributed by atoms with Crippen molar-refractivity contribution in [3.05, 3.63) is 35.9 Å². The monoisotopic (exact) mass is 913 g/mol. The van der Waals surface area contributed by atoms with Gasteiger partial charge in [-0.15, -0.1) is 0 Å². The van der Waals surface area contributed by atoms with E-state index in [1.165, 1.54) is 24.3 Å². The van der Waals surface area contributed by atoms with Crippen LogP contribution in [0.1, 0.15) is 142 Å². The number of carbonyl (C=O) groups excluding carboxylic acids is 8. The molecule has 2 saturated heterocycles. The number of benzene rings is 1. The van der Waals surface area contributed by atoms with Crippen molar-refractivity contribution in [1.29, 1.82) is 0 Å². The number of hydrogen-bond donors (Lipinski definition) is 5. The van der Waals surface area contributed by atoms with E-state index in [-0.39, 0.29) is 49.7 Å². The van der Waals surface area contributed by atoms with E-state index in [1.54, 1.807) is 0 Å². The lowest BCUT2D eigenvalue weighted by atomic mass is 9.81. The average Bonchev–Trinajstić information content (AvgIpc) is 3.76.